The minimum absolute atomic E-state index is 0.0455. The molecule has 0 saturated carbocycles. The number of carbonyl (C=O) groups excluding carboxylic acids is 1. The summed E-state index contributed by atoms with van der Waals surface area (Å²) in [5, 5.41) is 15.6. The molecule has 1 amide bonds. The fourth-order valence-corrected chi connectivity index (χ4v) is 1.96. The number of hydrogen-bond acceptors (Lipinski definition) is 3. The lowest BCUT2D eigenvalue weighted by molar-refractivity contribution is -0.116. The molecule has 0 aliphatic rings. The number of amides is 1. The first-order valence-electron chi connectivity index (χ1n) is 6.20. The molecule has 0 aliphatic carbocycles. The fraction of sp³-hybridized carbons (Fsp3) is 0.214. The van der Waals surface area contributed by atoms with Crippen LogP contribution in [0.2, 0.25) is 0 Å². The Balaban J connectivity index is 2.16. The predicted molar refractivity (Wildman–Crippen MR) is 73.7 cm³/mol. The maximum absolute atomic E-state index is 13.1. The van der Waals surface area contributed by atoms with Crippen LogP contribution >= 0.6 is 0 Å². The number of carbonyl (C=O) groups is 2. The summed E-state index contributed by atoms with van der Waals surface area (Å²) in [5.41, 5.74) is 1.36. The number of carboxylic acids is 1. The van der Waals surface area contributed by atoms with E-state index in [9.17, 15) is 14.0 Å². The molecule has 2 aromatic rings. The second kappa shape index (κ2) is 5.74. The zero-order valence-corrected chi connectivity index (χ0v) is 11.6. The highest BCUT2D eigenvalue weighted by Crippen LogP contribution is 2.17. The minimum atomic E-state index is -1.31. The van der Waals surface area contributed by atoms with Crippen LogP contribution < -0.4 is 5.32 Å². The highest BCUT2D eigenvalue weighted by Gasteiger charge is 2.14. The molecule has 0 radical (unpaired) electrons. The van der Waals surface area contributed by atoms with Crippen molar-refractivity contribution in [2.45, 2.75) is 20.4 Å². The largest absolute Gasteiger partial charge is 0.478 e. The molecule has 0 saturated heterocycles. The molecule has 0 unspecified atom stereocenters. The Labute approximate surface area is 120 Å². The smallest absolute Gasteiger partial charge is 0.337 e. The van der Waals surface area contributed by atoms with Crippen molar-refractivity contribution in [1.29, 1.82) is 0 Å². The van der Waals surface area contributed by atoms with Gasteiger partial charge in [0.25, 0.3) is 0 Å². The fourth-order valence-electron chi connectivity index (χ4n) is 1.96. The van der Waals surface area contributed by atoms with Crippen LogP contribution in [0.1, 0.15) is 21.7 Å². The molecule has 21 heavy (non-hydrogen) atoms. The van der Waals surface area contributed by atoms with Crippen molar-refractivity contribution in [2.75, 3.05) is 5.32 Å². The molecule has 1 aromatic heterocycles. The zero-order chi connectivity index (χ0) is 15.6. The number of hydrogen-bond donors (Lipinski definition) is 2. The lowest BCUT2D eigenvalue weighted by Crippen LogP contribution is -2.21. The van der Waals surface area contributed by atoms with Crippen LogP contribution in [0.25, 0.3) is 0 Å². The van der Waals surface area contributed by atoms with E-state index >= 15 is 0 Å². The van der Waals surface area contributed by atoms with E-state index in [1.807, 2.05) is 19.9 Å². The molecule has 0 spiro atoms. The molecule has 6 nitrogen and oxygen atoms in total. The quantitative estimate of drug-likeness (QED) is 0.902. The van der Waals surface area contributed by atoms with E-state index in [4.69, 9.17) is 5.11 Å². The summed E-state index contributed by atoms with van der Waals surface area (Å²) in [5.74, 6) is -2.42. The minimum Gasteiger partial charge on any atom is -0.478 e. The van der Waals surface area contributed by atoms with Crippen molar-refractivity contribution in [3.63, 3.8) is 0 Å². The Bertz CT molecular complexity index is 709. The number of aromatic nitrogens is 2. The number of benzene rings is 1. The topological polar surface area (TPSA) is 84.2 Å². The van der Waals surface area contributed by atoms with Crippen LogP contribution in [0.3, 0.4) is 0 Å². The van der Waals surface area contributed by atoms with Crippen molar-refractivity contribution in [1.82, 2.24) is 9.78 Å². The lowest BCUT2D eigenvalue weighted by atomic mass is 10.1. The first kappa shape index (κ1) is 14.7. The molecule has 1 heterocycles. The van der Waals surface area contributed by atoms with Gasteiger partial charge in [0.1, 0.15) is 12.4 Å². The number of nitrogens with zero attached hydrogens (tertiary/aromatic N) is 2. The van der Waals surface area contributed by atoms with Gasteiger partial charge in [0.2, 0.25) is 5.91 Å². The monoisotopic (exact) mass is 291 g/mol. The van der Waals surface area contributed by atoms with E-state index in [-0.39, 0.29) is 17.8 Å². The van der Waals surface area contributed by atoms with E-state index in [2.05, 4.69) is 10.4 Å². The summed E-state index contributed by atoms with van der Waals surface area (Å²) >= 11 is 0. The molecule has 0 aliphatic heterocycles. The van der Waals surface area contributed by atoms with Crippen molar-refractivity contribution >= 4 is 17.6 Å². The third-order valence-corrected chi connectivity index (χ3v) is 2.88. The third-order valence-electron chi connectivity index (χ3n) is 2.88. The number of carboxylic acid groups (broad SMARTS) is 1. The highest BCUT2D eigenvalue weighted by atomic mass is 19.1. The number of halogens is 1. The van der Waals surface area contributed by atoms with Gasteiger partial charge >= 0.3 is 5.97 Å². The van der Waals surface area contributed by atoms with Crippen LogP contribution in [0.15, 0.2) is 24.3 Å². The van der Waals surface area contributed by atoms with Gasteiger partial charge in [0, 0.05) is 5.69 Å². The Kier molecular flexibility index (Phi) is 4.02. The average Bonchev–Trinajstić information content (AvgIpc) is 2.69. The number of rotatable bonds is 4. The average molecular weight is 291 g/mol. The summed E-state index contributed by atoms with van der Waals surface area (Å²) in [7, 11) is 0. The molecule has 0 bridgehead atoms. The van der Waals surface area contributed by atoms with Crippen LogP contribution in [0.4, 0.5) is 10.1 Å². The maximum atomic E-state index is 13.1. The van der Waals surface area contributed by atoms with E-state index < -0.39 is 17.7 Å². The predicted octanol–water partition coefficient (Wildman–Crippen LogP) is 1.98. The molecule has 2 rings (SSSR count). The molecule has 1 aromatic carbocycles. The standard InChI is InChI=1S/C14H14FN3O3/c1-8-5-9(2)18(17-8)7-13(19)16-12-4-3-10(15)6-11(12)14(20)21/h3-6H,7H2,1-2H3,(H,16,19)(H,20,21). The van der Waals surface area contributed by atoms with Gasteiger partial charge < -0.3 is 10.4 Å². The second-order valence-corrected chi connectivity index (χ2v) is 4.63. The SMILES string of the molecule is Cc1cc(C)n(CC(=O)Nc2ccc(F)cc2C(=O)O)n1. The van der Waals surface area contributed by atoms with Crippen molar-refractivity contribution in [3.8, 4) is 0 Å². The Morgan fingerprint density at radius 2 is 2.05 bits per heavy atom. The van der Waals surface area contributed by atoms with Crippen molar-refractivity contribution < 1.29 is 19.1 Å². The summed E-state index contributed by atoms with van der Waals surface area (Å²) in [6, 6.07) is 5.00. The van der Waals surface area contributed by atoms with Gasteiger partial charge in [-0.15, -0.1) is 0 Å². The summed E-state index contributed by atoms with van der Waals surface area (Å²) in [6.07, 6.45) is 0. The number of aromatic carboxylic acids is 1. The van der Waals surface area contributed by atoms with Crippen LogP contribution in [-0.2, 0) is 11.3 Å². The van der Waals surface area contributed by atoms with Crippen molar-refractivity contribution in [3.05, 3.63) is 47.0 Å². The van der Waals surface area contributed by atoms with Crippen LogP contribution in [0, 0.1) is 19.7 Å². The van der Waals surface area contributed by atoms with E-state index in [1.165, 1.54) is 10.7 Å². The number of nitrogens with one attached hydrogen (secondary N) is 1. The molecule has 0 atom stereocenters. The normalized spacial score (nSPS) is 10.4. The van der Waals surface area contributed by atoms with Crippen LogP contribution in [-0.4, -0.2) is 26.8 Å². The van der Waals surface area contributed by atoms with Gasteiger partial charge in [0.15, 0.2) is 0 Å². The van der Waals surface area contributed by atoms with E-state index in [0.717, 1.165) is 23.5 Å². The molecule has 0 fully saturated rings. The Morgan fingerprint density at radius 1 is 1.33 bits per heavy atom. The van der Waals surface area contributed by atoms with Crippen molar-refractivity contribution in [2.24, 2.45) is 0 Å². The van der Waals surface area contributed by atoms with Gasteiger partial charge in [0.05, 0.1) is 16.9 Å². The van der Waals surface area contributed by atoms with Crippen LogP contribution in [0.5, 0.6) is 0 Å². The summed E-state index contributed by atoms with van der Waals surface area (Å²) in [6.45, 7) is 3.58. The first-order chi connectivity index (χ1) is 9.86. The third kappa shape index (κ3) is 3.44. The molecule has 7 heteroatoms. The lowest BCUT2D eigenvalue weighted by Gasteiger charge is -2.09. The Morgan fingerprint density at radius 3 is 2.62 bits per heavy atom. The van der Waals surface area contributed by atoms with Gasteiger partial charge in [-0.05, 0) is 38.1 Å². The molecular formula is C14H14FN3O3. The Hall–Kier alpha value is -2.70. The van der Waals surface area contributed by atoms with Gasteiger partial charge in [-0.2, -0.15) is 5.10 Å². The van der Waals surface area contributed by atoms with E-state index in [1.54, 1.807) is 0 Å². The number of aryl methyl sites for hydroxylation is 2. The highest BCUT2D eigenvalue weighted by molar-refractivity contribution is 6.00. The van der Waals surface area contributed by atoms with E-state index in [0.29, 0.717) is 0 Å². The second-order valence-electron chi connectivity index (χ2n) is 4.63. The van der Waals surface area contributed by atoms with Gasteiger partial charge in [-0.3, -0.25) is 9.48 Å². The zero-order valence-electron chi connectivity index (χ0n) is 11.6. The molecule has 110 valence electrons. The number of anilines is 1. The van der Waals surface area contributed by atoms with Gasteiger partial charge in [-0.25, -0.2) is 9.18 Å². The maximum Gasteiger partial charge on any atom is 0.337 e. The first-order valence-corrected chi connectivity index (χ1v) is 6.20. The molecule has 2 N–H and O–H groups in total. The summed E-state index contributed by atoms with van der Waals surface area (Å²) in [4.78, 5) is 23.0. The molecular weight excluding hydrogens is 277 g/mol. The van der Waals surface area contributed by atoms with Gasteiger partial charge in [-0.1, -0.05) is 0 Å². The summed E-state index contributed by atoms with van der Waals surface area (Å²) < 4.78 is 14.6.